The van der Waals surface area contributed by atoms with Gasteiger partial charge in [-0.3, -0.25) is 9.09 Å². The molecule has 7 nitrogen and oxygen atoms in total. The number of allylic oxidation sites excluding steroid dienone is 3. The third-order valence-corrected chi connectivity index (χ3v) is 9.61. The molecule has 0 spiro atoms. The van der Waals surface area contributed by atoms with E-state index in [-0.39, 0.29) is 48.7 Å². The molecule has 41 heavy (non-hydrogen) atoms. The number of carbonyl (C=O) groups excluding carboxylic acids is 1. The second kappa shape index (κ2) is 15.0. The highest BCUT2D eigenvalue weighted by atomic mass is 31.2. The molecule has 1 aromatic carbocycles. The molecule has 0 amide bonds. The second-order valence-electron chi connectivity index (χ2n) is 12.2. The lowest BCUT2D eigenvalue weighted by molar-refractivity contribution is -0.238. The van der Waals surface area contributed by atoms with Crippen molar-refractivity contribution in [2.24, 2.45) is 11.8 Å². The van der Waals surface area contributed by atoms with Crippen LogP contribution in [0.1, 0.15) is 122 Å². The first-order valence-electron chi connectivity index (χ1n) is 15.5. The number of carbonyl (C=O) groups is 1. The lowest BCUT2D eigenvalue weighted by Gasteiger charge is -2.35. The standard InChI is InChI=1S/C33H51O7P/c1-7-12-25(13-8-2)22-38-41(36,37)40-33(17-10-11-18-33)32(35)39-30-21-26(14-9-3)20-29(34)31(30)28-19-24(6)15-16-27(28)23(4)5/h19-21,25,27-28,34H,4,7-18,22H2,1-3,5-6H3,(H,36,37)/p-1/t27-,28+/m0/s1. The van der Waals surface area contributed by atoms with Gasteiger partial charge in [0, 0.05) is 11.5 Å². The van der Waals surface area contributed by atoms with Crippen molar-refractivity contribution < 1.29 is 33.1 Å². The monoisotopic (exact) mass is 589 g/mol. The van der Waals surface area contributed by atoms with Crippen LogP contribution in [-0.2, 0) is 24.8 Å². The Labute approximate surface area is 247 Å². The van der Waals surface area contributed by atoms with Crippen LogP contribution in [-0.4, -0.2) is 23.3 Å². The number of phenols is 1. The number of esters is 1. The number of ether oxygens (including phenoxy) is 1. The maximum Gasteiger partial charge on any atom is 0.344 e. The van der Waals surface area contributed by atoms with Crippen molar-refractivity contribution >= 4 is 13.8 Å². The molecule has 2 aliphatic rings. The van der Waals surface area contributed by atoms with Crippen LogP contribution in [0.5, 0.6) is 11.5 Å². The first kappa shape index (κ1) is 33.6. The molecule has 1 N–H and O–H groups in total. The summed E-state index contributed by atoms with van der Waals surface area (Å²) in [7, 11) is -4.79. The average molecular weight is 590 g/mol. The molecular formula is C33H50O7P-. The van der Waals surface area contributed by atoms with Gasteiger partial charge in [-0.05, 0) is 101 Å². The van der Waals surface area contributed by atoms with Gasteiger partial charge in [0.1, 0.15) is 11.5 Å². The quantitative estimate of drug-likeness (QED) is 0.0949. The molecule has 8 heteroatoms. The van der Waals surface area contributed by atoms with Crippen molar-refractivity contribution in [3.8, 4) is 11.5 Å². The third kappa shape index (κ3) is 8.79. The van der Waals surface area contributed by atoms with Gasteiger partial charge >= 0.3 is 5.97 Å². The molecule has 0 radical (unpaired) electrons. The summed E-state index contributed by atoms with van der Waals surface area (Å²) in [6.45, 7) is 14.4. The number of aromatic hydroxyl groups is 1. The summed E-state index contributed by atoms with van der Waals surface area (Å²) >= 11 is 0. The van der Waals surface area contributed by atoms with E-state index in [1.54, 1.807) is 12.1 Å². The number of phenolic OH excluding ortho intramolecular Hbond substituents is 1. The third-order valence-electron chi connectivity index (χ3n) is 8.57. The molecule has 1 aromatic rings. The van der Waals surface area contributed by atoms with E-state index >= 15 is 0 Å². The van der Waals surface area contributed by atoms with Crippen LogP contribution < -0.4 is 9.63 Å². The molecule has 3 atom stereocenters. The fourth-order valence-electron chi connectivity index (χ4n) is 6.46. The second-order valence-corrected chi connectivity index (χ2v) is 13.5. The maximum atomic E-state index is 13.9. The zero-order valence-corrected chi connectivity index (χ0v) is 26.6. The summed E-state index contributed by atoms with van der Waals surface area (Å²) in [5, 5.41) is 11.3. The topological polar surface area (TPSA) is 105 Å². The van der Waals surface area contributed by atoms with Crippen molar-refractivity contribution in [1.29, 1.82) is 0 Å². The zero-order chi connectivity index (χ0) is 30.2. The molecule has 0 aromatic heterocycles. The lowest BCUT2D eigenvalue weighted by atomic mass is 9.73. The van der Waals surface area contributed by atoms with Gasteiger partial charge in [-0.2, -0.15) is 0 Å². The van der Waals surface area contributed by atoms with Crippen LogP contribution >= 0.6 is 7.82 Å². The fraction of sp³-hybridized carbons (Fsp3) is 0.667. The van der Waals surface area contributed by atoms with Gasteiger partial charge in [0.2, 0.25) is 0 Å². The van der Waals surface area contributed by atoms with Crippen LogP contribution in [0.2, 0.25) is 0 Å². The Bertz CT molecular complexity index is 1130. The van der Waals surface area contributed by atoms with E-state index in [4.69, 9.17) is 13.8 Å². The minimum atomic E-state index is -4.79. The number of phosphoric ester groups is 1. The smallest absolute Gasteiger partial charge is 0.344 e. The largest absolute Gasteiger partial charge is 0.756 e. The molecule has 3 rings (SSSR count). The first-order valence-corrected chi connectivity index (χ1v) is 17.0. The van der Waals surface area contributed by atoms with Crippen LogP contribution in [0.15, 0.2) is 35.9 Å². The van der Waals surface area contributed by atoms with Crippen molar-refractivity contribution in [2.75, 3.05) is 6.61 Å². The number of benzene rings is 1. The van der Waals surface area contributed by atoms with E-state index in [1.165, 1.54) is 5.57 Å². The van der Waals surface area contributed by atoms with Crippen molar-refractivity contribution in [3.05, 3.63) is 47.1 Å². The Balaban J connectivity index is 1.94. The van der Waals surface area contributed by atoms with Crippen LogP contribution in [0.25, 0.3) is 0 Å². The lowest BCUT2D eigenvalue weighted by Crippen LogP contribution is -2.42. The molecule has 2 aliphatic carbocycles. The average Bonchev–Trinajstić information content (AvgIpc) is 3.36. The molecule has 0 heterocycles. The summed E-state index contributed by atoms with van der Waals surface area (Å²) in [6, 6.07) is 3.55. The molecular weight excluding hydrogens is 539 g/mol. The zero-order valence-electron chi connectivity index (χ0n) is 25.7. The first-order chi connectivity index (χ1) is 19.4. The number of aryl methyl sites for hydroxylation is 1. The minimum absolute atomic E-state index is 0.0420. The van der Waals surface area contributed by atoms with Gasteiger partial charge in [-0.25, -0.2) is 4.79 Å². The molecule has 0 bridgehead atoms. The normalized spacial score (nSPS) is 21.9. The molecule has 1 fully saturated rings. The SMILES string of the molecule is C=C(C)[C@@H]1CCC(C)=C[C@H]1c1c(O)cc(CCC)cc1OC(=O)C1(OP(=O)([O-])OCC(CCC)CCC)CCCC1. The molecule has 0 saturated heterocycles. The Morgan fingerprint density at radius 2 is 1.83 bits per heavy atom. The Morgan fingerprint density at radius 3 is 2.41 bits per heavy atom. The highest BCUT2D eigenvalue weighted by molar-refractivity contribution is 7.46. The number of hydrogen-bond donors (Lipinski definition) is 1. The van der Waals surface area contributed by atoms with E-state index in [9.17, 15) is 19.4 Å². The number of hydrogen-bond acceptors (Lipinski definition) is 7. The van der Waals surface area contributed by atoms with Gasteiger partial charge < -0.3 is 19.3 Å². The van der Waals surface area contributed by atoms with Gasteiger partial charge in [0.25, 0.3) is 7.82 Å². The summed E-state index contributed by atoms with van der Waals surface area (Å²) < 4.78 is 30.1. The molecule has 0 aliphatic heterocycles. The van der Waals surface area contributed by atoms with E-state index in [2.05, 4.69) is 33.4 Å². The fourth-order valence-corrected chi connectivity index (χ4v) is 7.59. The Hall–Kier alpha value is -1.92. The summed E-state index contributed by atoms with van der Waals surface area (Å²) in [5.41, 5.74) is 1.92. The van der Waals surface area contributed by atoms with E-state index in [0.717, 1.165) is 56.1 Å². The van der Waals surface area contributed by atoms with Gasteiger partial charge in [0.15, 0.2) is 5.60 Å². The predicted molar refractivity (Wildman–Crippen MR) is 161 cm³/mol. The van der Waals surface area contributed by atoms with Crippen LogP contribution in [0.4, 0.5) is 0 Å². The highest BCUT2D eigenvalue weighted by Crippen LogP contribution is 2.51. The van der Waals surface area contributed by atoms with Crippen molar-refractivity contribution in [3.63, 3.8) is 0 Å². The Kier molecular flexibility index (Phi) is 12.3. The summed E-state index contributed by atoms with van der Waals surface area (Å²) in [5.74, 6) is -0.469. The van der Waals surface area contributed by atoms with Crippen LogP contribution in [0, 0.1) is 11.8 Å². The summed E-state index contributed by atoms with van der Waals surface area (Å²) in [6.07, 6.45) is 10.8. The van der Waals surface area contributed by atoms with Crippen molar-refractivity contribution in [2.45, 2.75) is 123 Å². The van der Waals surface area contributed by atoms with Crippen LogP contribution in [0.3, 0.4) is 0 Å². The van der Waals surface area contributed by atoms with Crippen molar-refractivity contribution in [1.82, 2.24) is 0 Å². The number of phosphoric acid groups is 1. The highest BCUT2D eigenvalue weighted by Gasteiger charge is 2.48. The molecule has 230 valence electrons. The van der Waals surface area contributed by atoms with E-state index in [0.29, 0.717) is 24.8 Å². The maximum absolute atomic E-state index is 13.9. The minimum Gasteiger partial charge on any atom is -0.756 e. The Morgan fingerprint density at radius 1 is 1.17 bits per heavy atom. The van der Waals surface area contributed by atoms with Gasteiger partial charge in [-0.1, -0.05) is 63.8 Å². The van der Waals surface area contributed by atoms with Gasteiger partial charge in [0.05, 0.1) is 6.61 Å². The van der Waals surface area contributed by atoms with E-state index in [1.807, 2.05) is 13.8 Å². The number of rotatable bonds is 15. The van der Waals surface area contributed by atoms with E-state index < -0.39 is 19.4 Å². The molecule has 1 saturated carbocycles. The van der Waals surface area contributed by atoms with Gasteiger partial charge in [-0.15, -0.1) is 0 Å². The summed E-state index contributed by atoms with van der Waals surface area (Å²) in [4.78, 5) is 26.9. The predicted octanol–water partition coefficient (Wildman–Crippen LogP) is 8.30. The molecule has 1 unspecified atom stereocenters.